The maximum Gasteiger partial charge on any atom is 0.416 e. The molecule has 47 heavy (non-hydrogen) atoms. The van der Waals surface area contributed by atoms with Crippen molar-refractivity contribution in [2.75, 3.05) is 41.1 Å². The van der Waals surface area contributed by atoms with Crippen LogP contribution in [-0.2, 0) is 24.6 Å². The molecule has 0 bridgehead atoms. The van der Waals surface area contributed by atoms with Gasteiger partial charge in [0.15, 0.2) is 0 Å². The lowest BCUT2D eigenvalue weighted by atomic mass is 9.92. The van der Waals surface area contributed by atoms with Crippen molar-refractivity contribution >= 4 is 28.1 Å². The first-order valence-corrected chi connectivity index (χ1v) is 17.8. The first kappa shape index (κ1) is 35.0. The van der Waals surface area contributed by atoms with Gasteiger partial charge in [0.1, 0.15) is 0 Å². The second-order valence-corrected chi connectivity index (χ2v) is 15.0. The molecule has 1 fully saturated rings. The Morgan fingerprint density at radius 2 is 1.66 bits per heavy atom. The first-order chi connectivity index (χ1) is 22.2. The molecule has 2 aliphatic heterocycles. The number of aliphatic hydroxyl groups excluding tert-OH is 1. The summed E-state index contributed by atoms with van der Waals surface area (Å²) in [5.74, 6) is -0.132. The fourth-order valence-corrected chi connectivity index (χ4v) is 8.12. The van der Waals surface area contributed by atoms with Crippen molar-refractivity contribution in [3.8, 4) is 0 Å². The van der Waals surface area contributed by atoms with Crippen LogP contribution < -0.4 is 19.8 Å². The van der Waals surface area contributed by atoms with E-state index in [0.717, 1.165) is 61.3 Å². The predicted octanol–water partition coefficient (Wildman–Crippen LogP) is 6.58. The summed E-state index contributed by atoms with van der Waals surface area (Å²) >= 11 is 0. The number of halogens is 3. The Kier molecular flexibility index (Phi) is 10.5. The molecule has 2 aliphatic rings. The van der Waals surface area contributed by atoms with Crippen molar-refractivity contribution < 1.29 is 32.2 Å². The third kappa shape index (κ3) is 8.06. The number of amides is 1. The fourth-order valence-electron chi connectivity index (χ4n) is 6.41. The molecule has 1 saturated heterocycles. The minimum atomic E-state index is -4.48. The summed E-state index contributed by atoms with van der Waals surface area (Å²) in [4.78, 5) is 16.2. The van der Waals surface area contributed by atoms with Crippen LogP contribution in [0, 0.1) is 0 Å². The summed E-state index contributed by atoms with van der Waals surface area (Å²) in [6.45, 7) is 7.50. The number of benzene rings is 3. The molecule has 0 saturated carbocycles. The molecular weight excluding hydrogens is 629 g/mol. The molecule has 0 unspecified atom stereocenters. The van der Waals surface area contributed by atoms with Crippen LogP contribution in [0.5, 0.6) is 0 Å². The van der Waals surface area contributed by atoms with Gasteiger partial charge in [-0.2, -0.15) is 13.2 Å². The number of carbonyl (C=O) groups is 1. The van der Waals surface area contributed by atoms with Crippen LogP contribution in [0.3, 0.4) is 0 Å². The van der Waals surface area contributed by atoms with Crippen molar-refractivity contribution in [3.63, 3.8) is 0 Å². The highest BCUT2D eigenvalue weighted by molar-refractivity contribution is 8.25. The number of nitrogens with one attached hydrogen (secondary N) is 2. The van der Waals surface area contributed by atoms with E-state index in [4.69, 9.17) is 0 Å². The molecule has 8 nitrogen and oxygen atoms in total. The molecule has 0 radical (unpaired) electrons. The second kappa shape index (κ2) is 14.1. The lowest BCUT2D eigenvalue weighted by Gasteiger charge is -2.48. The minimum Gasteiger partial charge on any atom is -0.390 e. The molecule has 3 aromatic carbocycles. The van der Waals surface area contributed by atoms with E-state index >= 15 is 0 Å². The Hall–Kier alpha value is -3.29. The Morgan fingerprint density at radius 3 is 2.34 bits per heavy atom. The lowest BCUT2D eigenvalue weighted by Crippen LogP contribution is -2.51. The van der Waals surface area contributed by atoms with Gasteiger partial charge >= 0.3 is 6.18 Å². The number of alkyl halides is 3. The standard InChI is InChI=1S/C35H45F3N4O4S/c1-4-41-17-15-28-30(41)20-25(21-31(28)42-16-8-9-18-47(42,45)46)33(44)40-29(19-24-11-6-5-7-12-24)32(43)23-39-34(2,3)26-13-10-14-27(22-26)35(36,37)38/h5-7,10-14,20-22,29,32,39,43,45-46H,4,8-9,15-19,23H2,1-3H3,(H,40,44)/t29-,32+/m0/s1. The van der Waals surface area contributed by atoms with Crippen LogP contribution in [0.25, 0.3) is 0 Å². The van der Waals surface area contributed by atoms with Crippen LogP contribution in [0.2, 0.25) is 0 Å². The molecule has 12 heteroatoms. The Bertz CT molecular complexity index is 1550. The molecular formula is C35H45F3N4O4S. The van der Waals surface area contributed by atoms with Crippen molar-refractivity contribution in [1.29, 1.82) is 0 Å². The molecule has 2 atom stereocenters. The number of hydrogen-bond acceptors (Lipinski definition) is 7. The van der Waals surface area contributed by atoms with Gasteiger partial charge in [-0.3, -0.25) is 18.2 Å². The number of rotatable bonds is 11. The number of fused-ring (bicyclic) bond motifs is 1. The molecule has 3 aromatic rings. The molecule has 1 amide bonds. The highest BCUT2D eigenvalue weighted by Gasteiger charge is 2.35. The van der Waals surface area contributed by atoms with Crippen LogP contribution in [0.15, 0.2) is 66.7 Å². The molecule has 0 aliphatic carbocycles. The van der Waals surface area contributed by atoms with Crippen molar-refractivity contribution in [2.24, 2.45) is 0 Å². The van der Waals surface area contributed by atoms with Gasteiger partial charge in [-0.25, -0.2) is 0 Å². The van der Waals surface area contributed by atoms with Crippen LogP contribution >= 0.6 is 10.8 Å². The Labute approximate surface area is 276 Å². The zero-order valence-electron chi connectivity index (χ0n) is 27.1. The van der Waals surface area contributed by atoms with E-state index in [9.17, 15) is 32.2 Å². The van der Waals surface area contributed by atoms with Gasteiger partial charge in [-0.1, -0.05) is 42.5 Å². The van der Waals surface area contributed by atoms with E-state index in [0.29, 0.717) is 29.8 Å². The van der Waals surface area contributed by atoms with Gasteiger partial charge in [0, 0.05) is 48.5 Å². The predicted molar refractivity (Wildman–Crippen MR) is 182 cm³/mol. The van der Waals surface area contributed by atoms with Gasteiger partial charge in [0.05, 0.1) is 29.1 Å². The number of aliphatic hydroxyl groups is 1. The third-order valence-electron chi connectivity index (χ3n) is 9.21. The summed E-state index contributed by atoms with van der Waals surface area (Å²) in [5.41, 5.74) is 2.53. The first-order valence-electron chi connectivity index (χ1n) is 16.1. The SMILES string of the molecule is CCN1CCc2c1cc(C(=O)N[C@@H](Cc1ccccc1)[C@H](O)CNC(C)(C)c1cccc(C(F)(F)F)c1)cc2N1CCCCS1(O)O. The monoisotopic (exact) mass is 674 g/mol. The number of carbonyl (C=O) groups excluding carboxylic acids is 1. The Morgan fingerprint density at radius 1 is 0.957 bits per heavy atom. The van der Waals surface area contributed by atoms with Gasteiger partial charge < -0.3 is 20.6 Å². The summed E-state index contributed by atoms with van der Waals surface area (Å²) in [5, 5.41) is 17.7. The van der Waals surface area contributed by atoms with Crippen LogP contribution in [-0.4, -0.2) is 64.2 Å². The highest BCUT2D eigenvalue weighted by atomic mass is 32.3. The molecule has 256 valence electrons. The topological polar surface area (TPSA) is 108 Å². The number of likely N-dealkylation sites (N-methyl/N-ethyl adjacent to an activating group) is 1. The number of nitrogens with zero attached hydrogens (tertiary/aromatic N) is 2. The van der Waals surface area contributed by atoms with E-state index < -0.39 is 46.1 Å². The quantitative estimate of drug-likeness (QED) is 0.156. The molecule has 2 heterocycles. The summed E-state index contributed by atoms with van der Waals surface area (Å²) < 4.78 is 63.8. The van der Waals surface area contributed by atoms with E-state index in [1.54, 1.807) is 30.3 Å². The van der Waals surface area contributed by atoms with Crippen LogP contribution in [0.1, 0.15) is 66.2 Å². The average Bonchev–Trinajstić information content (AvgIpc) is 3.46. The highest BCUT2D eigenvalue weighted by Crippen LogP contribution is 2.52. The van der Waals surface area contributed by atoms with E-state index in [2.05, 4.69) is 15.5 Å². The maximum absolute atomic E-state index is 14.0. The van der Waals surface area contributed by atoms with Gasteiger partial charge in [-0.05, 0) is 81.8 Å². The zero-order valence-corrected chi connectivity index (χ0v) is 27.9. The van der Waals surface area contributed by atoms with Gasteiger partial charge in [-0.15, -0.1) is 10.8 Å². The maximum atomic E-state index is 14.0. The van der Waals surface area contributed by atoms with Gasteiger partial charge in [0.25, 0.3) is 5.91 Å². The van der Waals surface area contributed by atoms with Gasteiger partial charge in [0.2, 0.25) is 0 Å². The molecule has 0 aromatic heterocycles. The van der Waals surface area contributed by atoms with Crippen molar-refractivity contribution in [2.45, 2.75) is 70.3 Å². The molecule has 5 rings (SSSR count). The summed E-state index contributed by atoms with van der Waals surface area (Å²) in [6.07, 6.45) is -3.00. The summed E-state index contributed by atoms with van der Waals surface area (Å²) in [6, 6.07) is 17.4. The smallest absolute Gasteiger partial charge is 0.390 e. The second-order valence-electron chi connectivity index (χ2n) is 12.9. The lowest BCUT2D eigenvalue weighted by molar-refractivity contribution is -0.137. The van der Waals surface area contributed by atoms with Crippen molar-refractivity contribution in [3.05, 3.63) is 94.5 Å². The normalized spacial score (nSPS) is 18.4. The minimum absolute atomic E-state index is 0.00520. The van der Waals surface area contributed by atoms with Crippen molar-refractivity contribution in [1.82, 2.24) is 10.6 Å². The largest absolute Gasteiger partial charge is 0.416 e. The zero-order chi connectivity index (χ0) is 34.0. The molecule has 5 N–H and O–H groups in total. The van der Waals surface area contributed by atoms with E-state index in [1.165, 1.54) is 6.07 Å². The average molecular weight is 675 g/mol. The Balaban J connectivity index is 1.40. The fraction of sp³-hybridized carbons (Fsp3) is 0.457. The summed E-state index contributed by atoms with van der Waals surface area (Å²) in [7, 11) is -3.02. The number of anilines is 2. The van der Waals surface area contributed by atoms with E-state index in [1.807, 2.05) is 43.3 Å². The number of hydrogen-bond donors (Lipinski definition) is 5. The van der Waals surface area contributed by atoms with Crippen LogP contribution in [0.4, 0.5) is 24.5 Å². The molecule has 0 spiro atoms. The third-order valence-corrected chi connectivity index (χ3v) is 11.1. The van der Waals surface area contributed by atoms with E-state index in [-0.39, 0.29) is 12.3 Å².